The number of anilines is 1. The van der Waals surface area contributed by atoms with Crippen LogP contribution in [0, 0.1) is 6.92 Å². The summed E-state index contributed by atoms with van der Waals surface area (Å²) in [4.78, 5) is 5.85. The van der Waals surface area contributed by atoms with Crippen LogP contribution in [0.4, 0.5) is 5.13 Å². The summed E-state index contributed by atoms with van der Waals surface area (Å²) < 4.78 is 5.51. The highest BCUT2D eigenvalue weighted by Crippen LogP contribution is 2.38. The van der Waals surface area contributed by atoms with Crippen molar-refractivity contribution in [1.29, 1.82) is 0 Å². The first-order valence-corrected chi connectivity index (χ1v) is 7.52. The highest BCUT2D eigenvalue weighted by Gasteiger charge is 2.19. The summed E-state index contributed by atoms with van der Waals surface area (Å²) in [6, 6.07) is 6.36. The molecule has 0 unspecified atom stereocenters. The molecule has 0 spiro atoms. The zero-order chi connectivity index (χ0) is 14.9. The molecule has 1 N–H and O–H groups in total. The van der Waals surface area contributed by atoms with E-state index < -0.39 is 0 Å². The Hall–Kier alpha value is -1.55. The number of hydrogen-bond acceptors (Lipinski definition) is 4. The first-order valence-electron chi connectivity index (χ1n) is 6.71. The largest absolute Gasteiger partial charge is 0.496 e. The lowest BCUT2D eigenvalue weighted by Crippen LogP contribution is -2.11. The van der Waals surface area contributed by atoms with Gasteiger partial charge in [0.1, 0.15) is 5.75 Å². The van der Waals surface area contributed by atoms with Crippen molar-refractivity contribution in [1.82, 2.24) is 4.98 Å². The molecule has 2 aromatic rings. The fraction of sp³-hybridized carbons (Fsp3) is 0.438. The highest BCUT2D eigenvalue weighted by atomic mass is 32.1. The number of thiazole rings is 1. The maximum Gasteiger partial charge on any atom is 0.183 e. The summed E-state index contributed by atoms with van der Waals surface area (Å²) in [6.45, 7) is 8.74. The lowest BCUT2D eigenvalue weighted by molar-refractivity contribution is 0.415. The number of ether oxygens (including phenoxy) is 1. The van der Waals surface area contributed by atoms with Gasteiger partial charge in [0, 0.05) is 17.5 Å². The van der Waals surface area contributed by atoms with Crippen LogP contribution in [0.1, 0.15) is 31.2 Å². The van der Waals surface area contributed by atoms with Gasteiger partial charge in [0.25, 0.3) is 0 Å². The molecule has 0 radical (unpaired) electrons. The number of hydrogen-bond donors (Lipinski definition) is 1. The molecule has 0 bridgehead atoms. The van der Waals surface area contributed by atoms with Gasteiger partial charge in [-0.3, -0.25) is 0 Å². The maximum atomic E-state index is 5.51. The smallest absolute Gasteiger partial charge is 0.183 e. The minimum Gasteiger partial charge on any atom is -0.496 e. The molecule has 0 saturated carbocycles. The van der Waals surface area contributed by atoms with Gasteiger partial charge in [0.05, 0.1) is 12.8 Å². The molecule has 0 fully saturated rings. The van der Waals surface area contributed by atoms with Crippen LogP contribution in [-0.4, -0.2) is 19.1 Å². The molecule has 0 aliphatic heterocycles. The number of aromatic nitrogens is 1. The minimum absolute atomic E-state index is 0.108. The molecule has 108 valence electrons. The zero-order valence-electron chi connectivity index (χ0n) is 13.0. The van der Waals surface area contributed by atoms with E-state index in [1.807, 2.05) is 13.1 Å². The number of benzene rings is 1. The van der Waals surface area contributed by atoms with Crippen molar-refractivity contribution < 1.29 is 4.74 Å². The van der Waals surface area contributed by atoms with Crippen molar-refractivity contribution in [3.63, 3.8) is 0 Å². The Morgan fingerprint density at radius 2 is 1.95 bits per heavy atom. The van der Waals surface area contributed by atoms with Gasteiger partial charge in [0.15, 0.2) is 5.13 Å². The van der Waals surface area contributed by atoms with Crippen LogP contribution >= 0.6 is 11.3 Å². The topological polar surface area (TPSA) is 34.2 Å². The predicted octanol–water partition coefficient (Wildman–Crippen LogP) is 4.47. The SMILES string of the molecule is CNc1nc(-c2cc(C(C)(C)C)ccc2OC)c(C)s1. The van der Waals surface area contributed by atoms with Crippen LogP contribution < -0.4 is 10.1 Å². The molecular weight excluding hydrogens is 268 g/mol. The fourth-order valence-corrected chi connectivity index (χ4v) is 2.89. The molecule has 20 heavy (non-hydrogen) atoms. The van der Waals surface area contributed by atoms with Crippen molar-refractivity contribution in [2.24, 2.45) is 0 Å². The fourth-order valence-electron chi connectivity index (χ4n) is 2.11. The number of nitrogens with one attached hydrogen (secondary N) is 1. The normalized spacial score (nSPS) is 11.5. The summed E-state index contributed by atoms with van der Waals surface area (Å²) in [5.74, 6) is 0.869. The van der Waals surface area contributed by atoms with Gasteiger partial charge >= 0.3 is 0 Å². The second-order valence-electron chi connectivity index (χ2n) is 5.84. The van der Waals surface area contributed by atoms with Gasteiger partial charge in [-0.2, -0.15) is 0 Å². The molecular formula is C16H22N2OS. The molecule has 1 heterocycles. The van der Waals surface area contributed by atoms with E-state index >= 15 is 0 Å². The molecule has 0 atom stereocenters. The molecule has 0 amide bonds. The van der Waals surface area contributed by atoms with Crippen LogP contribution in [0.3, 0.4) is 0 Å². The zero-order valence-corrected chi connectivity index (χ0v) is 13.8. The lowest BCUT2D eigenvalue weighted by Gasteiger charge is -2.20. The van der Waals surface area contributed by atoms with E-state index in [4.69, 9.17) is 4.74 Å². The van der Waals surface area contributed by atoms with Crippen LogP contribution in [0.5, 0.6) is 5.75 Å². The van der Waals surface area contributed by atoms with Gasteiger partial charge < -0.3 is 10.1 Å². The van der Waals surface area contributed by atoms with E-state index in [2.05, 4.69) is 50.1 Å². The van der Waals surface area contributed by atoms with Crippen LogP contribution in [-0.2, 0) is 5.41 Å². The Morgan fingerprint density at radius 1 is 1.25 bits per heavy atom. The molecule has 0 saturated heterocycles. The average Bonchev–Trinajstić information content (AvgIpc) is 2.78. The molecule has 4 heteroatoms. The monoisotopic (exact) mass is 290 g/mol. The summed E-state index contributed by atoms with van der Waals surface area (Å²) in [6.07, 6.45) is 0. The van der Waals surface area contributed by atoms with Gasteiger partial charge in [-0.05, 0) is 30.0 Å². The van der Waals surface area contributed by atoms with Crippen LogP contribution in [0.25, 0.3) is 11.3 Å². The second-order valence-corrected chi connectivity index (χ2v) is 7.04. The summed E-state index contributed by atoms with van der Waals surface area (Å²) in [5.41, 5.74) is 3.46. The third-order valence-electron chi connectivity index (χ3n) is 3.33. The Labute approximate surface area is 125 Å². The second kappa shape index (κ2) is 5.44. The first-order chi connectivity index (χ1) is 9.36. The molecule has 1 aromatic heterocycles. The van der Waals surface area contributed by atoms with E-state index in [9.17, 15) is 0 Å². The molecule has 2 rings (SSSR count). The Bertz CT molecular complexity index is 611. The summed E-state index contributed by atoms with van der Waals surface area (Å²) in [7, 11) is 3.60. The summed E-state index contributed by atoms with van der Waals surface area (Å²) >= 11 is 1.66. The molecule has 0 aliphatic rings. The quantitative estimate of drug-likeness (QED) is 0.906. The van der Waals surface area contributed by atoms with E-state index in [1.165, 1.54) is 10.4 Å². The average molecular weight is 290 g/mol. The molecule has 1 aromatic carbocycles. The van der Waals surface area contributed by atoms with E-state index in [-0.39, 0.29) is 5.41 Å². The van der Waals surface area contributed by atoms with Crippen molar-refractivity contribution in [2.75, 3.05) is 19.5 Å². The van der Waals surface area contributed by atoms with Crippen molar-refractivity contribution in [3.8, 4) is 17.0 Å². The number of nitrogens with zero attached hydrogens (tertiary/aromatic N) is 1. The van der Waals surface area contributed by atoms with Crippen molar-refractivity contribution >= 4 is 16.5 Å². The van der Waals surface area contributed by atoms with E-state index in [0.717, 1.165) is 22.1 Å². The van der Waals surface area contributed by atoms with Gasteiger partial charge in [-0.1, -0.05) is 26.8 Å². The first kappa shape index (κ1) is 14.9. The van der Waals surface area contributed by atoms with Crippen molar-refractivity contribution in [3.05, 3.63) is 28.6 Å². The number of methoxy groups -OCH3 is 1. The maximum absolute atomic E-state index is 5.51. The number of aryl methyl sites for hydroxylation is 1. The minimum atomic E-state index is 0.108. The molecule has 0 aliphatic carbocycles. The van der Waals surface area contributed by atoms with Gasteiger partial charge in [-0.25, -0.2) is 4.98 Å². The van der Waals surface area contributed by atoms with Crippen molar-refractivity contribution in [2.45, 2.75) is 33.1 Å². The van der Waals surface area contributed by atoms with Crippen LogP contribution in [0.15, 0.2) is 18.2 Å². The Morgan fingerprint density at radius 3 is 2.45 bits per heavy atom. The third-order valence-corrected chi connectivity index (χ3v) is 4.32. The predicted molar refractivity (Wildman–Crippen MR) is 87.1 cm³/mol. The third kappa shape index (κ3) is 2.80. The van der Waals surface area contributed by atoms with Gasteiger partial charge in [0.2, 0.25) is 0 Å². The highest BCUT2D eigenvalue weighted by molar-refractivity contribution is 7.16. The lowest BCUT2D eigenvalue weighted by atomic mass is 9.85. The van der Waals surface area contributed by atoms with E-state index in [1.54, 1.807) is 18.4 Å². The van der Waals surface area contributed by atoms with Gasteiger partial charge in [-0.15, -0.1) is 11.3 Å². The Balaban J connectivity index is 2.61. The number of rotatable bonds is 3. The summed E-state index contributed by atoms with van der Waals surface area (Å²) in [5, 5.41) is 4.04. The van der Waals surface area contributed by atoms with E-state index in [0.29, 0.717) is 0 Å². The Kier molecular flexibility index (Phi) is 4.04. The van der Waals surface area contributed by atoms with Crippen LogP contribution in [0.2, 0.25) is 0 Å². The standard InChI is InChI=1S/C16H22N2OS/c1-10-14(18-15(17-5)20-10)12-9-11(16(2,3)4)7-8-13(12)19-6/h7-9H,1-6H3,(H,17,18). The molecule has 3 nitrogen and oxygen atoms in total.